The molecule has 0 N–H and O–H groups in total. The van der Waals surface area contributed by atoms with Crippen LogP contribution in [0.1, 0.15) is 0 Å². The van der Waals surface area contributed by atoms with Crippen molar-refractivity contribution in [2.45, 2.75) is 0 Å². The van der Waals surface area contributed by atoms with Crippen LogP contribution in [0, 0.1) is 0 Å². The highest BCUT2D eigenvalue weighted by molar-refractivity contribution is 6.17. The van der Waals surface area contributed by atoms with Gasteiger partial charge < -0.3 is 18.2 Å². The van der Waals surface area contributed by atoms with Crippen molar-refractivity contribution in [1.82, 2.24) is 4.98 Å². The molecular weight excluding hydrogens is 665 g/mol. The first-order valence-electron chi connectivity index (χ1n) is 18.0. The molecule has 0 aliphatic rings. The molecule has 0 fully saturated rings. The van der Waals surface area contributed by atoms with Crippen LogP contribution in [0.4, 0.5) is 17.1 Å². The lowest BCUT2D eigenvalue weighted by atomic mass is 9.93. The molecule has 11 rings (SSSR count). The fourth-order valence-electron chi connectivity index (χ4n) is 7.78. The Balaban J connectivity index is 1.16. The van der Waals surface area contributed by atoms with Crippen molar-refractivity contribution in [1.29, 1.82) is 0 Å². The Hall–Kier alpha value is -7.37. The number of fused-ring (bicyclic) bond motifs is 8. The maximum Gasteiger partial charge on any atom is 0.227 e. The SMILES string of the molecule is c1ccc(-c2nc3c(ccc4oc5ccc(N(c6ccc(-c7ccccc7)c(-c7ccccc7)c6)c6ccc7oc8ccccc8c7c6)cc5c43)o2)cc1. The predicted molar refractivity (Wildman–Crippen MR) is 220 cm³/mol. The minimum absolute atomic E-state index is 0.581. The molecule has 0 saturated carbocycles. The molecule has 0 saturated heterocycles. The quantitative estimate of drug-likeness (QED) is 0.173. The lowest BCUT2D eigenvalue weighted by Crippen LogP contribution is -2.10. The number of benzene rings is 8. The van der Waals surface area contributed by atoms with E-state index in [0.717, 1.165) is 83.1 Å². The summed E-state index contributed by atoms with van der Waals surface area (Å²) in [5, 5.41) is 4.03. The number of nitrogens with zero attached hydrogens (tertiary/aromatic N) is 2. The second kappa shape index (κ2) is 12.1. The van der Waals surface area contributed by atoms with E-state index in [1.165, 1.54) is 11.1 Å². The molecule has 0 atom stereocenters. The van der Waals surface area contributed by atoms with Gasteiger partial charge in [-0.05, 0) is 101 Å². The lowest BCUT2D eigenvalue weighted by molar-refractivity contribution is 0.619. The zero-order valence-electron chi connectivity index (χ0n) is 28.9. The van der Waals surface area contributed by atoms with Gasteiger partial charge in [0, 0.05) is 38.8 Å². The van der Waals surface area contributed by atoms with Gasteiger partial charge in [-0.3, -0.25) is 0 Å². The normalized spacial score (nSPS) is 11.7. The second-order valence-electron chi connectivity index (χ2n) is 13.5. The molecule has 5 nitrogen and oxygen atoms in total. The molecule has 0 radical (unpaired) electrons. The number of anilines is 3. The summed E-state index contributed by atoms with van der Waals surface area (Å²) in [5.74, 6) is 0.581. The molecule has 8 aromatic carbocycles. The molecule has 0 aliphatic carbocycles. The Kier molecular flexibility index (Phi) is 6.79. The van der Waals surface area contributed by atoms with Crippen LogP contribution in [-0.4, -0.2) is 4.98 Å². The largest absolute Gasteiger partial charge is 0.456 e. The van der Waals surface area contributed by atoms with Gasteiger partial charge in [0.25, 0.3) is 0 Å². The van der Waals surface area contributed by atoms with Crippen molar-refractivity contribution in [3.8, 4) is 33.7 Å². The molecule has 11 aromatic rings. The number of para-hydroxylation sites is 1. The third kappa shape index (κ3) is 4.90. The molecule has 3 aromatic heterocycles. The minimum Gasteiger partial charge on any atom is -0.456 e. The second-order valence-corrected chi connectivity index (χ2v) is 13.5. The molecule has 254 valence electrons. The fraction of sp³-hybridized carbons (Fsp3) is 0. The van der Waals surface area contributed by atoms with E-state index >= 15 is 0 Å². The molecule has 0 bridgehead atoms. The van der Waals surface area contributed by atoms with Gasteiger partial charge in [-0.1, -0.05) is 103 Å². The van der Waals surface area contributed by atoms with E-state index in [1.54, 1.807) is 0 Å². The fourth-order valence-corrected chi connectivity index (χ4v) is 7.78. The Morgan fingerprint density at radius 2 is 0.870 bits per heavy atom. The Labute approximate surface area is 309 Å². The topological polar surface area (TPSA) is 55.6 Å². The third-order valence-corrected chi connectivity index (χ3v) is 10.3. The summed E-state index contributed by atoms with van der Waals surface area (Å²) < 4.78 is 19.0. The lowest BCUT2D eigenvalue weighted by Gasteiger charge is -2.27. The maximum atomic E-state index is 6.45. The summed E-state index contributed by atoms with van der Waals surface area (Å²) in [7, 11) is 0. The van der Waals surface area contributed by atoms with E-state index in [-0.39, 0.29) is 0 Å². The van der Waals surface area contributed by atoms with Crippen molar-refractivity contribution >= 4 is 72.0 Å². The maximum absolute atomic E-state index is 6.45. The highest BCUT2D eigenvalue weighted by Gasteiger charge is 2.21. The number of aromatic nitrogens is 1. The number of furan rings is 2. The zero-order valence-corrected chi connectivity index (χ0v) is 28.9. The van der Waals surface area contributed by atoms with E-state index in [9.17, 15) is 0 Å². The van der Waals surface area contributed by atoms with Gasteiger partial charge in [0.2, 0.25) is 5.89 Å². The molecule has 0 unspecified atom stereocenters. The highest BCUT2D eigenvalue weighted by Crippen LogP contribution is 2.45. The molecule has 5 heteroatoms. The van der Waals surface area contributed by atoms with Crippen LogP contribution in [-0.2, 0) is 0 Å². The first kappa shape index (κ1) is 30.3. The number of hydrogen-bond donors (Lipinski definition) is 0. The highest BCUT2D eigenvalue weighted by atomic mass is 16.4. The first-order chi connectivity index (χ1) is 26.7. The predicted octanol–water partition coefficient (Wildman–Crippen LogP) is 14.1. The molecular formula is C49H30N2O3. The van der Waals surface area contributed by atoms with E-state index in [4.69, 9.17) is 18.2 Å². The van der Waals surface area contributed by atoms with Crippen molar-refractivity contribution in [2.24, 2.45) is 0 Å². The number of rotatable bonds is 6. The van der Waals surface area contributed by atoms with Crippen LogP contribution in [0.5, 0.6) is 0 Å². The van der Waals surface area contributed by atoms with Crippen LogP contribution in [0.25, 0.3) is 88.7 Å². The van der Waals surface area contributed by atoms with E-state index in [1.807, 2.05) is 54.6 Å². The third-order valence-electron chi connectivity index (χ3n) is 10.3. The standard InChI is InChI=1S/C49H30N2O3/c1-4-12-31(13-5-1)37-23-20-34(28-39(37)32-14-6-2-7-15-32)51(35-21-24-43-40(29-35)38-18-10-11-19-42(38)52-43)36-22-25-44-41(30-36)47-45(53-44)26-27-46-48(47)50-49(54-46)33-16-8-3-9-17-33/h1-30H. The summed E-state index contributed by atoms with van der Waals surface area (Å²) in [6.45, 7) is 0. The van der Waals surface area contributed by atoms with Crippen LogP contribution >= 0.6 is 0 Å². The van der Waals surface area contributed by atoms with Crippen molar-refractivity contribution in [2.75, 3.05) is 4.90 Å². The molecule has 54 heavy (non-hydrogen) atoms. The van der Waals surface area contributed by atoms with Gasteiger partial charge in [0.05, 0.1) is 5.39 Å². The van der Waals surface area contributed by atoms with Gasteiger partial charge in [-0.25, -0.2) is 4.98 Å². The first-order valence-corrected chi connectivity index (χ1v) is 18.0. The summed E-state index contributed by atoms with van der Waals surface area (Å²) in [4.78, 5) is 7.33. The summed E-state index contributed by atoms with van der Waals surface area (Å²) in [6, 6.07) is 62.9. The number of oxazole rings is 1. The van der Waals surface area contributed by atoms with Crippen molar-refractivity contribution in [3.05, 3.63) is 182 Å². The summed E-state index contributed by atoms with van der Waals surface area (Å²) in [6.07, 6.45) is 0. The molecule has 0 aliphatic heterocycles. The van der Waals surface area contributed by atoms with Crippen LogP contribution in [0.3, 0.4) is 0 Å². The monoisotopic (exact) mass is 694 g/mol. The van der Waals surface area contributed by atoms with Crippen molar-refractivity contribution in [3.63, 3.8) is 0 Å². The number of hydrogen-bond acceptors (Lipinski definition) is 5. The zero-order chi connectivity index (χ0) is 35.6. The average Bonchev–Trinajstić information content (AvgIpc) is 3.95. The molecule has 3 heterocycles. The van der Waals surface area contributed by atoms with E-state index < -0.39 is 0 Å². The van der Waals surface area contributed by atoms with Gasteiger partial charge in [-0.2, -0.15) is 0 Å². The van der Waals surface area contributed by atoms with Crippen LogP contribution in [0.15, 0.2) is 195 Å². The Bertz CT molecular complexity index is 3160. The summed E-state index contributed by atoms with van der Waals surface area (Å²) >= 11 is 0. The van der Waals surface area contributed by atoms with Gasteiger partial charge in [-0.15, -0.1) is 0 Å². The smallest absolute Gasteiger partial charge is 0.227 e. The Morgan fingerprint density at radius 1 is 0.352 bits per heavy atom. The van der Waals surface area contributed by atoms with Gasteiger partial charge >= 0.3 is 0 Å². The Morgan fingerprint density at radius 3 is 1.61 bits per heavy atom. The van der Waals surface area contributed by atoms with Crippen LogP contribution in [0.2, 0.25) is 0 Å². The van der Waals surface area contributed by atoms with E-state index in [2.05, 4.69) is 132 Å². The van der Waals surface area contributed by atoms with Crippen LogP contribution < -0.4 is 4.90 Å². The van der Waals surface area contributed by atoms with Crippen molar-refractivity contribution < 1.29 is 13.3 Å². The van der Waals surface area contributed by atoms with E-state index in [0.29, 0.717) is 11.5 Å². The summed E-state index contributed by atoms with van der Waals surface area (Å²) in [5.41, 5.74) is 13.3. The molecule has 0 spiro atoms. The molecule has 0 amide bonds. The average molecular weight is 695 g/mol. The van der Waals surface area contributed by atoms with Gasteiger partial charge in [0.1, 0.15) is 27.8 Å². The minimum atomic E-state index is 0.581. The van der Waals surface area contributed by atoms with Gasteiger partial charge in [0.15, 0.2) is 5.58 Å².